The summed E-state index contributed by atoms with van der Waals surface area (Å²) in [5.41, 5.74) is 8.23. The van der Waals surface area contributed by atoms with Gasteiger partial charge in [-0.2, -0.15) is 0 Å². The van der Waals surface area contributed by atoms with Crippen molar-refractivity contribution in [2.75, 3.05) is 0 Å². The van der Waals surface area contributed by atoms with Crippen LogP contribution >= 0.6 is 0 Å². The first-order chi connectivity index (χ1) is 18.5. The summed E-state index contributed by atoms with van der Waals surface area (Å²) in [7, 11) is 0. The zero-order valence-electron chi connectivity index (χ0n) is 22.0. The van der Waals surface area contributed by atoms with Gasteiger partial charge in [-0.15, -0.1) is 0 Å². The fourth-order valence-corrected chi connectivity index (χ4v) is 6.42. The molecule has 0 bridgehead atoms. The molecule has 0 saturated carbocycles. The van der Waals surface area contributed by atoms with Gasteiger partial charge in [0.2, 0.25) is 0 Å². The Morgan fingerprint density at radius 2 is 1.29 bits per heavy atom. The Morgan fingerprint density at radius 1 is 0.658 bits per heavy atom. The largest absolute Gasteiger partial charge is 0.299 e. The summed E-state index contributed by atoms with van der Waals surface area (Å²) in [6.07, 6.45) is 3.94. The van der Waals surface area contributed by atoms with Gasteiger partial charge in [-0.05, 0) is 63.4 Å². The number of carbonyl (C=O) groups excluding carboxylic acids is 2. The first-order valence-corrected chi connectivity index (χ1v) is 13.6. The van der Waals surface area contributed by atoms with E-state index in [0.717, 1.165) is 16.7 Å². The molecule has 0 fully saturated rings. The minimum atomic E-state index is -0.222. The number of hydrogen-bond acceptors (Lipinski definition) is 2. The Morgan fingerprint density at radius 3 is 1.97 bits per heavy atom. The van der Waals surface area contributed by atoms with Gasteiger partial charge in [0.1, 0.15) is 11.6 Å². The van der Waals surface area contributed by atoms with Crippen molar-refractivity contribution in [2.24, 2.45) is 5.92 Å². The number of fused-ring (bicyclic) bond motifs is 1. The van der Waals surface area contributed by atoms with E-state index >= 15 is 0 Å². The van der Waals surface area contributed by atoms with E-state index < -0.39 is 0 Å². The van der Waals surface area contributed by atoms with E-state index in [2.05, 4.69) is 80.6 Å². The first kappa shape index (κ1) is 24.3. The van der Waals surface area contributed by atoms with Crippen LogP contribution in [0.25, 0.3) is 21.9 Å². The molecule has 2 aliphatic rings. The average molecular weight is 497 g/mol. The molecule has 188 valence electrons. The van der Waals surface area contributed by atoms with Gasteiger partial charge >= 0.3 is 0 Å². The molecule has 0 aliphatic heterocycles. The molecule has 1 unspecified atom stereocenters. The highest BCUT2D eigenvalue weighted by Gasteiger charge is 2.32. The van der Waals surface area contributed by atoms with Crippen molar-refractivity contribution >= 4 is 33.5 Å². The fraction of sp³-hybridized carbons (Fsp3) is 0.222. The summed E-state index contributed by atoms with van der Waals surface area (Å²) in [6.45, 7) is 4.28. The quantitative estimate of drug-likeness (QED) is 0.284. The summed E-state index contributed by atoms with van der Waals surface area (Å²) in [5, 5.41) is 2.42. The maximum absolute atomic E-state index is 13.1. The van der Waals surface area contributed by atoms with Crippen molar-refractivity contribution in [1.82, 2.24) is 0 Å². The van der Waals surface area contributed by atoms with Crippen LogP contribution in [0.4, 0.5) is 0 Å². The lowest BCUT2D eigenvalue weighted by molar-refractivity contribution is -0.121. The highest BCUT2D eigenvalue weighted by molar-refractivity contribution is 6.06. The van der Waals surface area contributed by atoms with Crippen LogP contribution in [0.15, 0.2) is 109 Å². The predicted molar refractivity (Wildman–Crippen MR) is 156 cm³/mol. The van der Waals surface area contributed by atoms with Crippen LogP contribution in [-0.2, 0) is 9.59 Å². The van der Waals surface area contributed by atoms with E-state index in [0.29, 0.717) is 25.0 Å². The number of benzene rings is 4. The number of ketones is 2. The molecular formula is C36H32O2. The summed E-state index contributed by atoms with van der Waals surface area (Å²) in [6, 6.07) is 33.3. The van der Waals surface area contributed by atoms with Crippen molar-refractivity contribution in [3.63, 3.8) is 0 Å². The molecule has 2 nitrogen and oxygen atoms in total. The maximum Gasteiger partial charge on any atom is 0.144 e. The molecule has 0 N–H and O–H groups in total. The van der Waals surface area contributed by atoms with Crippen LogP contribution < -0.4 is 0 Å². The van der Waals surface area contributed by atoms with Crippen molar-refractivity contribution in [1.29, 1.82) is 0 Å². The number of carbonyl (C=O) groups is 2. The highest BCUT2D eigenvalue weighted by Crippen LogP contribution is 2.45. The second kappa shape index (κ2) is 10.0. The lowest BCUT2D eigenvalue weighted by atomic mass is 9.74. The van der Waals surface area contributed by atoms with E-state index in [4.69, 9.17) is 0 Å². The third-order valence-corrected chi connectivity index (χ3v) is 8.38. The summed E-state index contributed by atoms with van der Waals surface area (Å²) < 4.78 is 0. The topological polar surface area (TPSA) is 34.1 Å². The molecule has 0 saturated heterocycles. The zero-order valence-corrected chi connectivity index (χ0v) is 22.0. The number of hydrogen-bond donors (Lipinski definition) is 0. The summed E-state index contributed by atoms with van der Waals surface area (Å²) in [4.78, 5) is 26.2. The van der Waals surface area contributed by atoms with Gasteiger partial charge < -0.3 is 0 Å². The monoisotopic (exact) mass is 496 g/mol. The maximum atomic E-state index is 13.1. The van der Waals surface area contributed by atoms with E-state index in [1.165, 1.54) is 33.0 Å². The molecule has 0 radical (unpaired) electrons. The molecule has 0 aromatic heterocycles. The average Bonchev–Trinajstić information content (AvgIpc) is 2.94. The van der Waals surface area contributed by atoms with Gasteiger partial charge in [0.05, 0.1) is 5.92 Å². The normalized spacial score (nSPS) is 22.1. The van der Waals surface area contributed by atoms with Gasteiger partial charge in [0.25, 0.3) is 0 Å². The van der Waals surface area contributed by atoms with E-state index in [-0.39, 0.29) is 23.5 Å². The second-order valence-corrected chi connectivity index (χ2v) is 10.9. The van der Waals surface area contributed by atoms with Crippen LogP contribution in [0.3, 0.4) is 0 Å². The molecule has 0 heterocycles. The molecule has 4 aromatic rings. The molecular weight excluding hydrogens is 464 g/mol. The Kier molecular flexibility index (Phi) is 6.41. The van der Waals surface area contributed by atoms with Gasteiger partial charge in [-0.1, -0.05) is 116 Å². The van der Waals surface area contributed by atoms with Gasteiger partial charge in [0, 0.05) is 18.8 Å². The zero-order chi connectivity index (χ0) is 26.2. The third-order valence-electron chi connectivity index (χ3n) is 8.38. The van der Waals surface area contributed by atoms with Crippen molar-refractivity contribution < 1.29 is 9.59 Å². The number of Topliss-reactive ketones (excluding diaryl/α,β-unsaturated/α-hetero) is 2. The fourth-order valence-electron chi connectivity index (χ4n) is 6.42. The predicted octanol–water partition coefficient (Wildman–Crippen LogP) is 8.54. The lowest BCUT2D eigenvalue weighted by Gasteiger charge is -2.29. The SMILES string of the molecule is CC1=C(c2cccc3cccc(C4=CC(c5ccccc5)C(=O)C[C@@H]4C)c23)C[C@@H](c2ccccc2)C(=O)C1. The molecule has 4 aromatic carbocycles. The highest BCUT2D eigenvalue weighted by atomic mass is 16.1. The van der Waals surface area contributed by atoms with Crippen molar-refractivity contribution in [3.8, 4) is 0 Å². The molecule has 38 heavy (non-hydrogen) atoms. The Balaban J connectivity index is 1.51. The van der Waals surface area contributed by atoms with Crippen molar-refractivity contribution in [3.05, 3.63) is 131 Å². The smallest absolute Gasteiger partial charge is 0.144 e. The van der Waals surface area contributed by atoms with E-state index in [1.807, 2.05) is 36.4 Å². The minimum Gasteiger partial charge on any atom is -0.299 e. The van der Waals surface area contributed by atoms with Crippen LogP contribution in [0.5, 0.6) is 0 Å². The molecule has 2 heteroatoms. The Hall–Kier alpha value is -4.04. The third kappa shape index (κ3) is 4.35. The Labute approximate surface area is 224 Å². The molecule has 0 spiro atoms. The van der Waals surface area contributed by atoms with Gasteiger partial charge in [0.15, 0.2) is 0 Å². The van der Waals surface area contributed by atoms with Crippen molar-refractivity contribution in [2.45, 2.75) is 44.9 Å². The minimum absolute atomic E-state index is 0.120. The van der Waals surface area contributed by atoms with Crippen LogP contribution in [0.2, 0.25) is 0 Å². The molecule has 0 amide bonds. The molecule has 6 rings (SSSR count). The standard InChI is InChI=1S/C36H32O2/c1-23-19-34(37)32(25-11-5-3-6-12-25)21-30(23)28-17-9-15-27-16-10-18-29(36(27)28)31-22-33(35(38)20-24(31)2)26-13-7-4-8-14-26/h3-18,21,23,32-33H,19-20,22H2,1-2H3/t23-,32?,33-/m0/s1. The first-order valence-electron chi connectivity index (χ1n) is 13.6. The summed E-state index contributed by atoms with van der Waals surface area (Å²) >= 11 is 0. The van der Waals surface area contributed by atoms with Gasteiger partial charge in [-0.3, -0.25) is 9.59 Å². The Bertz CT molecular complexity index is 1590. The number of rotatable bonds is 4. The van der Waals surface area contributed by atoms with Crippen LogP contribution in [0.1, 0.15) is 67.2 Å². The number of allylic oxidation sites excluding steroid dienone is 4. The van der Waals surface area contributed by atoms with Gasteiger partial charge in [-0.25, -0.2) is 0 Å². The van der Waals surface area contributed by atoms with Crippen LogP contribution in [0, 0.1) is 5.92 Å². The molecule has 2 aliphatic carbocycles. The van der Waals surface area contributed by atoms with E-state index in [1.54, 1.807) is 0 Å². The lowest BCUT2D eigenvalue weighted by Crippen LogP contribution is -2.21. The molecule has 3 atom stereocenters. The summed E-state index contributed by atoms with van der Waals surface area (Å²) in [5.74, 6) is 0.376. The second-order valence-electron chi connectivity index (χ2n) is 10.9. The van der Waals surface area contributed by atoms with E-state index in [9.17, 15) is 9.59 Å². The van der Waals surface area contributed by atoms with Crippen LogP contribution in [-0.4, -0.2) is 11.6 Å².